The standard InChI is InChI=1S/C10H20O2/c1-7(2)10(8(3)4)6-5-9(11)12-10/h7-9,11H,5-6H2,1-4H3. The summed E-state index contributed by atoms with van der Waals surface area (Å²) in [5.74, 6) is 0.962. The predicted molar refractivity (Wildman–Crippen MR) is 48.7 cm³/mol. The van der Waals surface area contributed by atoms with Gasteiger partial charge >= 0.3 is 0 Å². The minimum Gasteiger partial charge on any atom is -0.368 e. The van der Waals surface area contributed by atoms with E-state index in [9.17, 15) is 5.11 Å². The summed E-state index contributed by atoms with van der Waals surface area (Å²) in [6, 6.07) is 0. The molecule has 1 saturated heterocycles. The Kier molecular flexibility index (Phi) is 2.79. The molecule has 0 spiro atoms. The Bertz CT molecular complexity index is 144. The third-order valence-electron chi connectivity index (χ3n) is 3.09. The summed E-state index contributed by atoms with van der Waals surface area (Å²) in [7, 11) is 0. The van der Waals surface area contributed by atoms with Crippen LogP contribution in [0.1, 0.15) is 40.5 Å². The molecule has 1 heterocycles. The lowest BCUT2D eigenvalue weighted by Crippen LogP contribution is -2.40. The van der Waals surface area contributed by atoms with Gasteiger partial charge in [0.2, 0.25) is 0 Å². The molecule has 1 fully saturated rings. The van der Waals surface area contributed by atoms with Gasteiger partial charge in [-0.25, -0.2) is 0 Å². The Morgan fingerprint density at radius 3 is 1.92 bits per heavy atom. The fraction of sp³-hybridized carbons (Fsp3) is 1.00. The molecule has 1 rings (SSSR count). The zero-order chi connectivity index (χ0) is 9.35. The van der Waals surface area contributed by atoms with Crippen molar-refractivity contribution in [1.82, 2.24) is 0 Å². The Hall–Kier alpha value is -0.0800. The molecule has 0 aromatic heterocycles. The Morgan fingerprint density at radius 2 is 1.75 bits per heavy atom. The lowest BCUT2D eigenvalue weighted by Gasteiger charge is -2.36. The van der Waals surface area contributed by atoms with E-state index in [-0.39, 0.29) is 5.60 Å². The average Bonchev–Trinajstić information content (AvgIpc) is 2.32. The van der Waals surface area contributed by atoms with Crippen molar-refractivity contribution in [2.45, 2.75) is 52.4 Å². The first-order chi connectivity index (χ1) is 5.49. The van der Waals surface area contributed by atoms with E-state index in [1.165, 1.54) is 0 Å². The number of hydrogen-bond donors (Lipinski definition) is 1. The smallest absolute Gasteiger partial charge is 0.155 e. The van der Waals surface area contributed by atoms with Gasteiger partial charge in [0.25, 0.3) is 0 Å². The molecular formula is C10H20O2. The second kappa shape index (κ2) is 3.35. The van der Waals surface area contributed by atoms with Gasteiger partial charge in [0.1, 0.15) is 0 Å². The number of aliphatic hydroxyl groups excluding tert-OH is 1. The van der Waals surface area contributed by atoms with Gasteiger partial charge in [-0.2, -0.15) is 0 Å². The van der Waals surface area contributed by atoms with E-state index in [1.54, 1.807) is 0 Å². The van der Waals surface area contributed by atoms with Crippen molar-refractivity contribution in [3.8, 4) is 0 Å². The third-order valence-corrected chi connectivity index (χ3v) is 3.09. The summed E-state index contributed by atoms with van der Waals surface area (Å²) in [6.45, 7) is 8.66. The summed E-state index contributed by atoms with van der Waals surface area (Å²) >= 11 is 0. The molecule has 0 aromatic rings. The van der Waals surface area contributed by atoms with Crippen LogP contribution in [-0.2, 0) is 4.74 Å². The van der Waals surface area contributed by atoms with Gasteiger partial charge in [-0.15, -0.1) is 0 Å². The maximum atomic E-state index is 9.34. The topological polar surface area (TPSA) is 29.5 Å². The maximum absolute atomic E-state index is 9.34. The molecular weight excluding hydrogens is 152 g/mol. The first kappa shape index (κ1) is 10.0. The van der Waals surface area contributed by atoms with Crippen LogP contribution in [0.3, 0.4) is 0 Å². The predicted octanol–water partition coefficient (Wildman–Crippen LogP) is 2.17. The molecule has 1 atom stereocenters. The number of rotatable bonds is 2. The van der Waals surface area contributed by atoms with Crippen LogP contribution in [0.15, 0.2) is 0 Å². The second-order valence-electron chi connectivity index (χ2n) is 4.38. The highest BCUT2D eigenvalue weighted by Crippen LogP contribution is 2.41. The maximum Gasteiger partial charge on any atom is 0.155 e. The van der Waals surface area contributed by atoms with Crippen molar-refractivity contribution in [2.24, 2.45) is 11.8 Å². The Morgan fingerprint density at radius 1 is 1.25 bits per heavy atom. The molecule has 12 heavy (non-hydrogen) atoms. The van der Waals surface area contributed by atoms with Crippen molar-refractivity contribution in [3.05, 3.63) is 0 Å². The molecule has 2 nitrogen and oxygen atoms in total. The number of aliphatic hydroxyl groups is 1. The van der Waals surface area contributed by atoms with Crippen molar-refractivity contribution < 1.29 is 9.84 Å². The van der Waals surface area contributed by atoms with E-state index in [2.05, 4.69) is 27.7 Å². The van der Waals surface area contributed by atoms with Crippen LogP contribution in [0.4, 0.5) is 0 Å². The van der Waals surface area contributed by atoms with Crippen LogP contribution in [0, 0.1) is 11.8 Å². The van der Waals surface area contributed by atoms with Gasteiger partial charge < -0.3 is 9.84 Å². The normalized spacial score (nSPS) is 28.8. The van der Waals surface area contributed by atoms with E-state index in [0.717, 1.165) is 12.8 Å². The quantitative estimate of drug-likeness (QED) is 0.691. The van der Waals surface area contributed by atoms with E-state index in [1.807, 2.05) is 0 Å². The van der Waals surface area contributed by atoms with Crippen LogP contribution in [0.25, 0.3) is 0 Å². The van der Waals surface area contributed by atoms with Gasteiger partial charge in [-0.05, 0) is 18.3 Å². The number of ether oxygens (including phenoxy) is 1. The fourth-order valence-corrected chi connectivity index (χ4v) is 2.24. The molecule has 72 valence electrons. The minimum atomic E-state index is -0.533. The van der Waals surface area contributed by atoms with Crippen LogP contribution in [-0.4, -0.2) is 17.0 Å². The van der Waals surface area contributed by atoms with Crippen molar-refractivity contribution in [1.29, 1.82) is 0 Å². The summed E-state index contributed by atoms with van der Waals surface area (Å²) in [5, 5.41) is 9.34. The molecule has 0 amide bonds. The van der Waals surface area contributed by atoms with Crippen molar-refractivity contribution >= 4 is 0 Å². The largest absolute Gasteiger partial charge is 0.368 e. The molecule has 0 bridgehead atoms. The molecule has 1 unspecified atom stereocenters. The molecule has 0 radical (unpaired) electrons. The van der Waals surface area contributed by atoms with Gasteiger partial charge in [-0.3, -0.25) is 0 Å². The highest BCUT2D eigenvalue weighted by atomic mass is 16.6. The molecule has 1 N–H and O–H groups in total. The molecule has 2 heteroatoms. The molecule has 0 aliphatic carbocycles. The molecule has 1 aliphatic heterocycles. The Labute approximate surface area is 74.9 Å². The van der Waals surface area contributed by atoms with Crippen LogP contribution in [0.5, 0.6) is 0 Å². The highest BCUT2D eigenvalue weighted by Gasteiger charge is 2.44. The summed E-state index contributed by atoms with van der Waals surface area (Å²) < 4.78 is 5.63. The lowest BCUT2D eigenvalue weighted by molar-refractivity contribution is -0.171. The summed E-state index contributed by atoms with van der Waals surface area (Å²) in [6.07, 6.45) is 1.25. The first-order valence-corrected chi connectivity index (χ1v) is 4.85. The van der Waals surface area contributed by atoms with E-state index < -0.39 is 6.29 Å². The zero-order valence-electron chi connectivity index (χ0n) is 8.50. The van der Waals surface area contributed by atoms with Crippen LogP contribution < -0.4 is 0 Å². The Balaban J connectivity index is 2.75. The zero-order valence-corrected chi connectivity index (χ0v) is 8.50. The van der Waals surface area contributed by atoms with Crippen molar-refractivity contribution in [3.63, 3.8) is 0 Å². The third kappa shape index (κ3) is 1.50. The van der Waals surface area contributed by atoms with Crippen LogP contribution >= 0.6 is 0 Å². The highest BCUT2D eigenvalue weighted by molar-refractivity contribution is 4.91. The van der Waals surface area contributed by atoms with Crippen LogP contribution in [0.2, 0.25) is 0 Å². The summed E-state index contributed by atoms with van der Waals surface area (Å²) in [4.78, 5) is 0. The molecule has 1 aliphatic rings. The van der Waals surface area contributed by atoms with E-state index in [4.69, 9.17) is 4.74 Å². The SMILES string of the molecule is CC(C)C1(C(C)C)CCC(O)O1. The minimum absolute atomic E-state index is 0.0839. The average molecular weight is 172 g/mol. The molecule has 0 aromatic carbocycles. The number of hydrogen-bond acceptors (Lipinski definition) is 2. The van der Waals surface area contributed by atoms with Gasteiger partial charge in [0, 0.05) is 6.42 Å². The molecule has 0 saturated carbocycles. The fourth-order valence-electron chi connectivity index (χ4n) is 2.24. The van der Waals surface area contributed by atoms with E-state index >= 15 is 0 Å². The van der Waals surface area contributed by atoms with Gasteiger partial charge in [0.15, 0.2) is 6.29 Å². The van der Waals surface area contributed by atoms with Gasteiger partial charge in [-0.1, -0.05) is 27.7 Å². The summed E-state index contributed by atoms with van der Waals surface area (Å²) in [5.41, 5.74) is -0.0839. The first-order valence-electron chi connectivity index (χ1n) is 4.85. The van der Waals surface area contributed by atoms with Gasteiger partial charge in [0.05, 0.1) is 5.60 Å². The lowest BCUT2D eigenvalue weighted by atomic mass is 9.78. The van der Waals surface area contributed by atoms with E-state index in [0.29, 0.717) is 11.8 Å². The monoisotopic (exact) mass is 172 g/mol. The van der Waals surface area contributed by atoms with Crippen molar-refractivity contribution in [2.75, 3.05) is 0 Å². The second-order valence-corrected chi connectivity index (χ2v) is 4.38.